The molecule has 0 amide bonds. The average Bonchev–Trinajstić information content (AvgIpc) is 3.07. The molecule has 1 fully saturated rings. The van der Waals surface area contributed by atoms with Gasteiger partial charge in [0.2, 0.25) is 0 Å². The van der Waals surface area contributed by atoms with Crippen LogP contribution < -0.4 is 0 Å². The fourth-order valence-corrected chi connectivity index (χ4v) is 2.44. The molecule has 1 aromatic heterocycles. The minimum absolute atomic E-state index is 0.148. The van der Waals surface area contributed by atoms with E-state index in [1.165, 1.54) is 6.40 Å². The molecule has 1 aromatic rings. The topological polar surface area (TPSA) is 78.0 Å². The summed E-state index contributed by atoms with van der Waals surface area (Å²) in [5.74, 6) is 0.583. The van der Waals surface area contributed by atoms with Gasteiger partial charge in [-0.3, -0.25) is 0 Å². The molecule has 2 rings (SSSR count). The molecule has 23 heavy (non-hydrogen) atoms. The van der Waals surface area contributed by atoms with Gasteiger partial charge in [-0.15, -0.1) is 0 Å². The molecular weight excluding hydrogens is 298 g/mol. The van der Waals surface area contributed by atoms with Crippen LogP contribution in [0.25, 0.3) is 0 Å². The summed E-state index contributed by atoms with van der Waals surface area (Å²) >= 11 is 0. The molecule has 7 heteroatoms. The van der Waals surface area contributed by atoms with Crippen LogP contribution in [0.2, 0.25) is 0 Å². The largest absolute Gasteiger partial charge is 0.483 e. The second kappa shape index (κ2) is 8.11. The lowest BCUT2D eigenvalue weighted by Gasteiger charge is -2.14. The van der Waals surface area contributed by atoms with Crippen LogP contribution in [0.4, 0.5) is 5.82 Å². The Morgan fingerprint density at radius 3 is 2.83 bits per heavy atom. The fraction of sp³-hybridized carbons (Fsp3) is 0.625. The molecule has 1 aliphatic heterocycles. The Kier molecular flexibility index (Phi) is 6.16. The quantitative estimate of drug-likeness (QED) is 0.569. The van der Waals surface area contributed by atoms with Crippen molar-refractivity contribution in [3.8, 4) is 6.07 Å². The molecule has 7 nitrogen and oxygen atoms in total. The van der Waals surface area contributed by atoms with E-state index in [1.54, 1.807) is 0 Å². The highest BCUT2D eigenvalue weighted by Gasteiger charge is 2.28. The van der Waals surface area contributed by atoms with Crippen LogP contribution in [0, 0.1) is 25.2 Å². The van der Waals surface area contributed by atoms with Crippen LogP contribution in [0.3, 0.4) is 0 Å². The van der Waals surface area contributed by atoms with Gasteiger partial charge in [-0.2, -0.15) is 5.26 Å². The molecule has 2 heterocycles. The highest BCUT2D eigenvalue weighted by molar-refractivity contribution is 5.63. The maximum absolute atomic E-state index is 9.41. The predicted octanol–water partition coefficient (Wildman–Crippen LogP) is 2.41. The first-order chi connectivity index (χ1) is 11.1. The van der Waals surface area contributed by atoms with Gasteiger partial charge in [-0.1, -0.05) is 0 Å². The van der Waals surface area contributed by atoms with Gasteiger partial charge < -0.3 is 23.5 Å². The normalized spacial score (nSPS) is 21.0. The van der Waals surface area contributed by atoms with E-state index in [0.29, 0.717) is 37.7 Å². The second-order valence-electron chi connectivity index (χ2n) is 5.16. The number of ether oxygens (including phenoxy) is 4. The van der Waals surface area contributed by atoms with E-state index in [4.69, 9.17) is 18.9 Å². The number of nitriles is 1. The fourth-order valence-electron chi connectivity index (χ4n) is 2.44. The van der Waals surface area contributed by atoms with Crippen molar-refractivity contribution in [2.75, 3.05) is 19.8 Å². The summed E-state index contributed by atoms with van der Waals surface area (Å²) in [6.45, 7) is 9.07. The number of hydrogen-bond acceptors (Lipinski definition) is 6. The summed E-state index contributed by atoms with van der Waals surface area (Å²) < 4.78 is 23.6. The van der Waals surface area contributed by atoms with Gasteiger partial charge >= 0.3 is 0 Å². The Labute approximate surface area is 136 Å². The minimum Gasteiger partial charge on any atom is -0.483 e. The Morgan fingerprint density at radius 1 is 1.39 bits per heavy atom. The molecule has 1 saturated heterocycles. The van der Waals surface area contributed by atoms with E-state index in [0.717, 1.165) is 11.3 Å². The summed E-state index contributed by atoms with van der Waals surface area (Å²) in [4.78, 5) is 4.31. The van der Waals surface area contributed by atoms with Crippen molar-refractivity contribution in [1.82, 2.24) is 4.57 Å². The van der Waals surface area contributed by atoms with Crippen LogP contribution in [0.1, 0.15) is 30.7 Å². The van der Waals surface area contributed by atoms with Crippen molar-refractivity contribution >= 4 is 12.2 Å². The van der Waals surface area contributed by atoms with E-state index < -0.39 is 6.48 Å². The van der Waals surface area contributed by atoms with E-state index in [2.05, 4.69) is 11.1 Å². The molecule has 2 unspecified atom stereocenters. The van der Waals surface area contributed by atoms with Gasteiger partial charge in [0.1, 0.15) is 12.2 Å². The first-order valence-electron chi connectivity index (χ1n) is 7.74. The van der Waals surface area contributed by atoms with Crippen LogP contribution in [-0.4, -0.2) is 43.4 Å². The van der Waals surface area contributed by atoms with Crippen molar-refractivity contribution in [3.63, 3.8) is 0 Å². The number of aliphatic imine (C=N–C) groups is 1. The van der Waals surface area contributed by atoms with E-state index >= 15 is 0 Å². The van der Waals surface area contributed by atoms with Crippen molar-refractivity contribution in [3.05, 3.63) is 16.8 Å². The summed E-state index contributed by atoms with van der Waals surface area (Å²) in [5.41, 5.74) is 2.45. The van der Waals surface area contributed by atoms with Gasteiger partial charge in [0.25, 0.3) is 6.48 Å². The predicted molar refractivity (Wildman–Crippen MR) is 84.6 cm³/mol. The van der Waals surface area contributed by atoms with Crippen LogP contribution in [0.5, 0.6) is 0 Å². The van der Waals surface area contributed by atoms with Crippen molar-refractivity contribution in [1.29, 1.82) is 5.26 Å². The second-order valence-corrected chi connectivity index (χ2v) is 5.16. The highest BCUT2D eigenvalue weighted by atomic mass is 16.9. The lowest BCUT2D eigenvalue weighted by Crippen LogP contribution is -2.21. The molecule has 2 atom stereocenters. The van der Waals surface area contributed by atoms with Crippen molar-refractivity contribution in [2.24, 2.45) is 4.99 Å². The molecule has 0 N–H and O–H groups in total. The lowest BCUT2D eigenvalue weighted by molar-refractivity contribution is -0.235. The zero-order valence-electron chi connectivity index (χ0n) is 14.0. The number of rotatable bonds is 7. The number of hydrogen-bond donors (Lipinski definition) is 0. The molecule has 0 radical (unpaired) electrons. The third-order valence-electron chi connectivity index (χ3n) is 3.74. The van der Waals surface area contributed by atoms with E-state index in [1.807, 2.05) is 32.3 Å². The molecule has 1 aliphatic rings. The van der Waals surface area contributed by atoms with Gasteiger partial charge in [0.05, 0.1) is 25.3 Å². The van der Waals surface area contributed by atoms with Crippen LogP contribution in [0.15, 0.2) is 4.99 Å². The van der Waals surface area contributed by atoms with E-state index in [9.17, 15) is 5.26 Å². The van der Waals surface area contributed by atoms with Crippen molar-refractivity contribution < 1.29 is 18.9 Å². The van der Waals surface area contributed by atoms with Gasteiger partial charge in [-0.05, 0) is 33.3 Å². The Bertz CT molecular complexity index is 603. The lowest BCUT2D eigenvalue weighted by atomic mass is 10.2. The zero-order valence-corrected chi connectivity index (χ0v) is 14.0. The monoisotopic (exact) mass is 321 g/mol. The zero-order chi connectivity index (χ0) is 16.8. The molecule has 0 bridgehead atoms. The van der Waals surface area contributed by atoms with E-state index in [-0.39, 0.29) is 6.10 Å². The highest BCUT2D eigenvalue weighted by Crippen LogP contribution is 2.30. The molecule has 0 aliphatic carbocycles. The maximum Gasteiger partial charge on any atom is 0.272 e. The number of aromatic nitrogens is 1. The molecule has 126 valence electrons. The Morgan fingerprint density at radius 2 is 2.17 bits per heavy atom. The molecule has 0 aromatic carbocycles. The third kappa shape index (κ3) is 3.91. The summed E-state index contributed by atoms with van der Waals surface area (Å²) in [6.07, 6.45) is 1.23. The molecular formula is C16H23N3O4. The number of nitrogens with zero attached hydrogens (tertiary/aromatic N) is 3. The first-order valence-corrected chi connectivity index (χ1v) is 7.74. The summed E-state index contributed by atoms with van der Waals surface area (Å²) in [6, 6.07) is 2.22. The SMILES string of the molecule is CCO/C=N/c1c(C#N)c(C)c(C)n1CC1COC(OCC)O1. The standard InChI is InChI=1S/C16H23N3O4/c1-5-20-10-18-15-14(7-17)11(3)12(4)19(15)8-13-9-22-16(23-13)21-6-2/h10,13,16H,5-6,8-9H2,1-4H3/b18-10+. The first kappa shape index (κ1) is 17.5. The van der Waals surface area contributed by atoms with Crippen molar-refractivity contribution in [2.45, 2.75) is 46.8 Å². The van der Waals surface area contributed by atoms with Gasteiger partial charge in [-0.25, -0.2) is 4.99 Å². The van der Waals surface area contributed by atoms with Gasteiger partial charge in [0.15, 0.2) is 12.2 Å². The molecule has 0 saturated carbocycles. The summed E-state index contributed by atoms with van der Waals surface area (Å²) in [5, 5.41) is 9.41. The van der Waals surface area contributed by atoms with Crippen LogP contribution in [-0.2, 0) is 25.5 Å². The maximum atomic E-state index is 9.41. The Hall–Kier alpha value is -1.88. The third-order valence-corrected chi connectivity index (χ3v) is 3.74. The molecule has 0 spiro atoms. The smallest absolute Gasteiger partial charge is 0.272 e. The average molecular weight is 321 g/mol. The van der Waals surface area contributed by atoms with Gasteiger partial charge in [0, 0.05) is 12.3 Å². The Balaban J connectivity index is 2.22. The minimum atomic E-state index is -0.618. The summed E-state index contributed by atoms with van der Waals surface area (Å²) in [7, 11) is 0. The van der Waals surface area contributed by atoms with Crippen LogP contribution >= 0.6 is 0 Å².